The van der Waals surface area contributed by atoms with Gasteiger partial charge in [-0.2, -0.15) is 0 Å². The summed E-state index contributed by atoms with van der Waals surface area (Å²) in [6, 6.07) is 3.63. The highest BCUT2D eigenvalue weighted by atomic mass is 16.5. The van der Waals surface area contributed by atoms with E-state index in [0.29, 0.717) is 5.69 Å². The van der Waals surface area contributed by atoms with Gasteiger partial charge in [-0.3, -0.25) is 0 Å². The molecule has 1 fully saturated rings. The average molecular weight is 276 g/mol. The zero-order chi connectivity index (χ0) is 14.4. The summed E-state index contributed by atoms with van der Waals surface area (Å²) in [6.45, 7) is 3.30. The fourth-order valence-corrected chi connectivity index (χ4v) is 2.80. The van der Waals surface area contributed by atoms with Gasteiger partial charge in [-0.05, 0) is 30.4 Å². The predicted molar refractivity (Wildman–Crippen MR) is 79.8 cm³/mol. The molecule has 0 amide bonds. The van der Waals surface area contributed by atoms with Gasteiger partial charge in [0.15, 0.2) is 0 Å². The average Bonchev–Trinajstić information content (AvgIpc) is 2.49. The SMILES string of the molecule is COC(=O)c1cc(NCCC2CCC(C)CC2)ccn1. The van der Waals surface area contributed by atoms with Gasteiger partial charge in [0.05, 0.1) is 7.11 Å². The summed E-state index contributed by atoms with van der Waals surface area (Å²) in [4.78, 5) is 15.4. The molecule has 0 saturated heterocycles. The third kappa shape index (κ3) is 4.22. The molecule has 20 heavy (non-hydrogen) atoms. The summed E-state index contributed by atoms with van der Waals surface area (Å²) in [6.07, 6.45) is 8.28. The normalized spacial score (nSPS) is 22.3. The molecule has 0 aromatic carbocycles. The van der Waals surface area contributed by atoms with Crippen LogP contribution in [0.3, 0.4) is 0 Å². The van der Waals surface area contributed by atoms with Crippen LogP contribution in [0.15, 0.2) is 18.3 Å². The third-order valence-electron chi connectivity index (χ3n) is 4.17. The first-order chi connectivity index (χ1) is 9.69. The van der Waals surface area contributed by atoms with E-state index in [1.54, 1.807) is 12.3 Å². The molecule has 1 saturated carbocycles. The summed E-state index contributed by atoms with van der Waals surface area (Å²) in [5, 5.41) is 3.37. The zero-order valence-corrected chi connectivity index (χ0v) is 12.4. The summed E-state index contributed by atoms with van der Waals surface area (Å²) in [5.41, 5.74) is 1.29. The predicted octanol–water partition coefficient (Wildman–Crippen LogP) is 3.50. The number of methoxy groups -OCH3 is 1. The number of carbonyl (C=O) groups excluding carboxylic acids is 1. The third-order valence-corrected chi connectivity index (χ3v) is 4.17. The number of hydrogen-bond acceptors (Lipinski definition) is 4. The molecule has 0 atom stereocenters. The molecule has 1 aromatic heterocycles. The summed E-state index contributed by atoms with van der Waals surface area (Å²) in [7, 11) is 1.37. The Labute approximate surface area is 120 Å². The van der Waals surface area contributed by atoms with E-state index in [1.165, 1.54) is 39.2 Å². The molecule has 0 aliphatic heterocycles. The van der Waals surface area contributed by atoms with E-state index in [4.69, 9.17) is 0 Å². The van der Waals surface area contributed by atoms with E-state index < -0.39 is 5.97 Å². The summed E-state index contributed by atoms with van der Waals surface area (Å²) >= 11 is 0. The second kappa shape index (κ2) is 7.27. The van der Waals surface area contributed by atoms with Crippen LogP contribution >= 0.6 is 0 Å². The van der Waals surface area contributed by atoms with Crippen LogP contribution in [0.1, 0.15) is 49.5 Å². The molecule has 0 bridgehead atoms. The monoisotopic (exact) mass is 276 g/mol. The van der Waals surface area contributed by atoms with Crippen LogP contribution in [0.5, 0.6) is 0 Å². The first kappa shape index (κ1) is 14.8. The second-order valence-corrected chi connectivity index (χ2v) is 5.76. The van der Waals surface area contributed by atoms with Crippen LogP contribution in [-0.2, 0) is 4.74 Å². The van der Waals surface area contributed by atoms with Crippen molar-refractivity contribution in [2.24, 2.45) is 11.8 Å². The lowest BCUT2D eigenvalue weighted by atomic mass is 9.81. The van der Waals surface area contributed by atoms with Gasteiger partial charge in [-0.15, -0.1) is 0 Å². The van der Waals surface area contributed by atoms with E-state index >= 15 is 0 Å². The van der Waals surface area contributed by atoms with Crippen molar-refractivity contribution < 1.29 is 9.53 Å². The fraction of sp³-hybridized carbons (Fsp3) is 0.625. The van der Waals surface area contributed by atoms with Crippen LogP contribution in [0.4, 0.5) is 5.69 Å². The Balaban J connectivity index is 1.78. The quantitative estimate of drug-likeness (QED) is 0.836. The van der Waals surface area contributed by atoms with Crippen LogP contribution in [0.2, 0.25) is 0 Å². The fourth-order valence-electron chi connectivity index (χ4n) is 2.80. The zero-order valence-electron chi connectivity index (χ0n) is 12.4. The number of rotatable bonds is 5. The number of aromatic nitrogens is 1. The Kier molecular flexibility index (Phi) is 5.39. The van der Waals surface area contributed by atoms with Gasteiger partial charge in [-0.1, -0.05) is 32.6 Å². The minimum atomic E-state index is -0.394. The van der Waals surface area contributed by atoms with E-state index in [0.717, 1.165) is 24.1 Å². The highest BCUT2D eigenvalue weighted by Gasteiger charge is 2.17. The molecule has 0 radical (unpaired) electrons. The number of ether oxygens (including phenoxy) is 1. The molecule has 0 unspecified atom stereocenters. The molecule has 1 aliphatic rings. The minimum absolute atomic E-state index is 0.351. The van der Waals surface area contributed by atoms with E-state index in [1.807, 2.05) is 6.07 Å². The molecule has 1 N–H and O–H groups in total. The van der Waals surface area contributed by atoms with Crippen LogP contribution in [-0.4, -0.2) is 24.6 Å². The molecular formula is C16H24N2O2. The Morgan fingerprint density at radius 3 is 2.85 bits per heavy atom. The Bertz CT molecular complexity index is 440. The molecule has 4 heteroatoms. The van der Waals surface area contributed by atoms with Crippen molar-refractivity contribution in [3.05, 3.63) is 24.0 Å². The van der Waals surface area contributed by atoms with E-state index in [-0.39, 0.29) is 0 Å². The maximum atomic E-state index is 11.4. The molecule has 1 heterocycles. The van der Waals surface area contributed by atoms with Crippen molar-refractivity contribution in [3.63, 3.8) is 0 Å². The summed E-state index contributed by atoms with van der Waals surface area (Å²) < 4.78 is 4.67. The first-order valence-electron chi connectivity index (χ1n) is 7.47. The molecule has 2 rings (SSSR count). The lowest BCUT2D eigenvalue weighted by molar-refractivity contribution is 0.0594. The van der Waals surface area contributed by atoms with Gasteiger partial charge < -0.3 is 10.1 Å². The summed E-state index contributed by atoms with van der Waals surface area (Å²) in [5.74, 6) is 1.36. The van der Waals surface area contributed by atoms with Gasteiger partial charge in [0.1, 0.15) is 5.69 Å². The number of pyridine rings is 1. The van der Waals surface area contributed by atoms with Crippen molar-refractivity contribution in [2.45, 2.75) is 39.0 Å². The first-order valence-corrected chi connectivity index (χ1v) is 7.47. The Hall–Kier alpha value is -1.58. The molecule has 110 valence electrons. The Morgan fingerprint density at radius 2 is 2.15 bits per heavy atom. The van der Waals surface area contributed by atoms with Crippen molar-refractivity contribution >= 4 is 11.7 Å². The van der Waals surface area contributed by atoms with Gasteiger partial charge in [0.2, 0.25) is 0 Å². The van der Waals surface area contributed by atoms with Crippen molar-refractivity contribution in [3.8, 4) is 0 Å². The number of hydrogen-bond donors (Lipinski definition) is 1. The standard InChI is InChI=1S/C16H24N2O2/c1-12-3-5-13(6-4-12)7-9-17-14-8-10-18-15(11-14)16(19)20-2/h8,10-13H,3-7,9H2,1-2H3,(H,17,18). The molecule has 0 spiro atoms. The van der Waals surface area contributed by atoms with Crippen molar-refractivity contribution in [2.75, 3.05) is 19.0 Å². The highest BCUT2D eigenvalue weighted by Crippen LogP contribution is 2.30. The van der Waals surface area contributed by atoms with Crippen LogP contribution in [0, 0.1) is 11.8 Å². The van der Waals surface area contributed by atoms with Crippen LogP contribution < -0.4 is 5.32 Å². The van der Waals surface area contributed by atoms with E-state index in [2.05, 4.69) is 22.0 Å². The lowest BCUT2D eigenvalue weighted by Crippen LogP contribution is -2.16. The van der Waals surface area contributed by atoms with Crippen molar-refractivity contribution in [1.29, 1.82) is 0 Å². The van der Waals surface area contributed by atoms with Crippen molar-refractivity contribution in [1.82, 2.24) is 4.98 Å². The minimum Gasteiger partial charge on any atom is -0.464 e. The number of nitrogens with one attached hydrogen (secondary N) is 1. The number of anilines is 1. The topological polar surface area (TPSA) is 51.2 Å². The maximum absolute atomic E-state index is 11.4. The highest BCUT2D eigenvalue weighted by molar-refractivity contribution is 5.88. The number of esters is 1. The van der Waals surface area contributed by atoms with Crippen LogP contribution in [0.25, 0.3) is 0 Å². The second-order valence-electron chi connectivity index (χ2n) is 5.76. The Morgan fingerprint density at radius 1 is 1.40 bits per heavy atom. The number of nitrogens with zero attached hydrogens (tertiary/aromatic N) is 1. The number of carbonyl (C=O) groups is 1. The molecule has 4 nitrogen and oxygen atoms in total. The molecule has 1 aliphatic carbocycles. The smallest absolute Gasteiger partial charge is 0.356 e. The van der Waals surface area contributed by atoms with Gasteiger partial charge in [0.25, 0.3) is 0 Å². The maximum Gasteiger partial charge on any atom is 0.356 e. The molecular weight excluding hydrogens is 252 g/mol. The largest absolute Gasteiger partial charge is 0.464 e. The van der Waals surface area contributed by atoms with Gasteiger partial charge in [-0.25, -0.2) is 9.78 Å². The van der Waals surface area contributed by atoms with Gasteiger partial charge >= 0.3 is 5.97 Å². The van der Waals surface area contributed by atoms with E-state index in [9.17, 15) is 4.79 Å². The van der Waals surface area contributed by atoms with Gasteiger partial charge in [0, 0.05) is 18.4 Å². The molecule has 1 aromatic rings. The lowest BCUT2D eigenvalue weighted by Gasteiger charge is -2.26.